The third-order valence-electron chi connectivity index (χ3n) is 3.85. The molecule has 0 bridgehead atoms. The Morgan fingerprint density at radius 3 is 2.74 bits per heavy atom. The fourth-order valence-corrected chi connectivity index (χ4v) is 3.19. The van der Waals surface area contributed by atoms with E-state index in [9.17, 15) is 4.79 Å². The lowest BCUT2D eigenvalue weighted by Crippen LogP contribution is -2.12. The second-order valence-corrected chi connectivity index (χ2v) is 6.76. The van der Waals surface area contributed by atoms with Crippen molar-refractivity contribution in [2.45, 2.75) is 6.61 Å². The first-order chi connectivity index (χ1) is 13.3. The van der Waals surface area contributed by atoms with Crippen LogP contribution in [0.4, 0.5) is 5.69 Å². The summed E-state index contributed by atoms with van der Waals surface area (Å²) in [5.74, 6) is 0.924. The highest BCUT2D eigenvalue weighted by atomic mass is 32.1. The molecule has 27 heavy (non-hydrogen) atoms. The maximum absolute atomic E-state index is 12.4. The fraction of sp³-hybridized carbons (Fsp3) is 0.0476. The lowest BCUT2D eigenvalue weighted by Gasteiger charge is -2.08. The minimum Gasteiger partial charge on any atom is -0.489 e. The number of carbonyl (C=O) groups is 1. The third kappa shape index (κ3) is 4.24. The van der Waals surface area contributed by atoms with Gasteiger partial charge in [0.25, 0.3) is 5.91 Å². The summed E-state index contributed by atoms with van der Waals surface area (Å²) >= 11 is 1.53. The molecular formula is C21H16N2O3S. The number of aromatic nitrogens is 1. The summed E-state index contributed by atoms with van der Waals surface area (Å²) in [7, 11) is 0. The summed E-state index contributed by atoms with van der Waals surface area (Å²) in [5, 5.41) is 8.62. The lowest BCUT2D eigenvalue weighted by atomic mass is 10.2. The van der Waals surface area contributed by atoms with Crippen molar-refractivity contribution in [3.63, 3.8) is 0 Å². The van der Waals surface area contributed by atoms with Gasteiger partial charge in [0, 0.05) is 17.8 Å². The molecule has 0 atom stereocenters. The molecule has 0 spiro atoms. The Labute approximate surface area is 160 Å². The highest BCUT2D eigenvalue weighted by molar-refractivity contribution is 7.13. The van der Waals surface area contributed by atoms with Gasteiger partial charge in [0.15, 0.2) is 11.5 Å². The van der Waals surface area contributed by atoms with Crippen LogP contribution < -0.4 is 10.1 Å². The predicted molar refractivity (Wildman–Crippen MR) is 105 cm³/mol. The van der Waals surface area contributed by atoms with Crippen LogP contribution in [-0.2, 0) is 6.61 Å². The summed E-state index contributed by atoms with van der Waals surface area (Å²) in [5.41, 5.74) is 1.94. The van der Waals surface area contributed by atoms with Gasteiger partial charge in [-0.2, -0.15) is 0 Å². The van der Waals surface area contributed by atoms with Crippen LogP contribution in [0.15, 0.2) is 82.7 Å². The number of hydrogen-bond donors (Lipinski definition) is 1. The van der Waals surface area contributed by atoms with Crippen molar-refractivity contribution in [3.05, 3.63) is 89.4 Å². The summed E-state index contributed by atoms with van der Waals surface area (Å²) in [4.78, 5) is 13.3. The molecule has 0 unspecified atom stereocenters. The van der Waals surface area contributed by atoms with Gasteiger partial charge in [-0.25, -0.2) is 0 Å². The van der Waals surface area contributed by atoms with E-state index in [4.69, 9.17) is 9.26 Å². The van der Waals surface area contributed by atoms with Crippen LogP contribution in [0.5, 0.6) is 5.75 Å². The molecular weight excluding hydrogens is 360 g/mol. The highest BCUT2D eigenvalue weighted by Gasteiger charge is 2.14. The molecule has 2 aromatic heterocycles. The van der Waals surface area contributed by atoms with Crippen LogP contribution in [0.25, 0.3) is 10.6 Å². The van der Waals surface area contributed by atoms with Gasteiger partial charge in [-0.15, -0.1) is 11.3 Å². The number of ether oxygens (including phenoxy) is 1. The molecule has 4 rings (SSSR count). The summed E-state index contributed by atoms with van der Waals surface area (Å²) in [6, 6.07) is 22.6. The molecule has 0 radical (unpaired) electrons. The first kappa shape index (κ1) is 17.1. The number of nitrogens with one attached hydrogen (secondary N) is 1. The quantitative estimate of drug-likeness (QED) is 0.500. The van der Waals surface area contributed by atoms with Crippen molar-refractivity contribution in [1.29, 1.82) is 0 Å². The number of anilines is 1. The van der Waals surface area contributed by atoms with Gasteiger partial charge < -0.3 is 14.6 Å². The van der Waals surface area contributed by atoms with E-state index >= 15 is 0 Å². The summed E-state index contributed by atoms with van der Waals surface area (Å²) < 4.78 is 11.0. The molecule has 5 nitrogen and oxygen atoms in total. The van der Waals surface area contributed by atoms with Crippen LogP contribution in [0.1, 0.15) is 16.1 Å². The minimum absolute atomic E-state index is 0.231. The maximum atomic E-state index is 12.4. The Bertz CT molecular complexity index is 1030. The molecule has 0 aliphatic heterocycles. The van der Waals surface area contributed by atoms with Crippen molar-refractivity contribution < 1.29 is 14.1 Å². The zero-order chi connectivity index (χ0) is 18.5. The SMILES string of the molecule is O=C(Nc1cccc(OCc2ccccc2)c1)c1cc(-c2cccs2)on1. The molecule has 2 heterocycles. The second-order valence-electron chi connectivity index (χ2n) is 5.81. The number of hydrogen-bond acceptors (Lipinski definition) is 5. The van der Waals surface area contributed by atoms with Gasteiger partial charge in [0.2, 0.25) is 0 Å². The lowest BCUT2D eigenvalue weighted by molar-refractivity contribution is 0.101. The molecule has 0 saturated heterocycles. The van der Waals surface area contributed by atoms with E-state index in [1.165, 1.54) is 11.3 Å². The molecule has 1 amide bonds. The van der Waals surface area contributed by atoms with E-state index in [1.807, 2.05) is 60.0 Å². The molecule has 0 aliphatic carbocycles. The van der Waals surface area contributed by atoms with Gasteiger partial charge in [0.1, 0.15) is 12.4 Å². The van der Waals surface area contributed by atoms with Gasteiger partial charge in [-0.1, -0.05) is 47.6 Å². The molecule has 0 saturated carbocycles. The first-order valence-electron chi connectivity index (χ1n) is 8.37. The Morgan fingerprint density at radius 1 is 1.04 bits per heavy atom. The van der Waals surface area contributed by atoms with Crippen LogP contribution in [0, 0.1) is 0 Å². The Morgan fingerprint density at radius 2 is 1.93 bits per heavy atom. The zero-order valence-electron chi connectivity index (χ0n) is 14.3. The van der Waals surface area contributed by atoms with E-state index in [-0.39, 0.29) is 11.6 Å². The summed E-state index contributed by atoms with van der Waals surface area (Å²) in [6.07, 6.45) is 0. The third-order valence-corrected chi connectivity index (χ3v) is 4.73. The van der Waals surface area contributed by atoms with Crippen LogP contribution in [-0.4, -0.2) is 11.1 Å². The van der Waals surface area contributed by atoms with Crippen LogP contribution in [0.3, 0.4) is 0 Å². The molecule has 6 heteroatoms. The van der Waals surface area contributed by atoms with Crippen molar-refractivity contribution in [2.75, 3.05) is 5.32 Å². The Kier molecular flexibility index (Phi) is 4.98. The largest absolute Gasteiger partial charge is 0.489 e. The number of amides is 1. The highest BCUT2D eigenvalue weighted by Crippen LogP contribution is 2.25. The van der Waals surface area contributed by atoms with Crippen molar-refractivity contribution in [2.24, 2.45) is 0 Å². The molecule has 1 N–H and O–H groups in total. The fourth-order valence-electron chi connectivity index (χ4n) is 2.52. The van der Waals surface area contributed by atoms with E-state index in [1.54, 1.807) is 18.2 Å². The van der Waals surface area contributed by atoms with E-state index in [2.05, 4.69) is 10.5 Å². The normalized spacial score (nSPS) is 10.5. The standard InChI is InChI=1S/C21H16N2O3S/c24-21(18-13-19(26-23-18)20-10-5-11-27-20)22-16-8-4-9-17(12-16)25-14-15-6-2-1-3-7-15/h1-13H,14H2,(H,22,24). The average molecular weight is 376 g/mol. The monoisotopic (exact) mass is 376 g/mol. The Balaban J connectivity index is 1.41. The smallest absolute Gasteiger partial charge is 0.277 e. The van der Waals surface area contributed by atoms with Crippen LogP contribution >= 0.6 is 11.3 Å². The molecule has 2 aromatic carbocycles. The van der Waals surface area contributed by atoms with Crippen molar-refractivity contribution in [3.8, 4) is 16.4 Å². The predicted octanol–water partition coefficient (Wildman–Crippen LogP) is 5.23. The van der Waals surface area contributed by atoms with Crippen LogP contribution in [0.2, 0.25) is 0 Å². The van der Waals surface area contributed by atoms with E-state index in [0.717, 1.165) is 10.4 Å². The summed E-state index contributed by atoms with van der Waals surface area (Å²) in [6.45, 7) is 0.464. The van der Waals surface area contributed by atoms with E-state index < -0.39 is 0 Å². The van der Waals surface area contributed by atoms with Gasteiger partial charge >= 0.3 is 0 Å². The van der Waals surface area contributed by atoms with Crippen molar-refractivity contribution >= 4 is 22.9 Å². The average Bonchev–Trinajstić information content (AvgIpc) is 3.39. The van der Waals surface area contributed by atoms with Gasteiger partial charge in [0.05, 0.1) is 4.88 Å². The number of carbonyl (C=O) groups excluding carboxylic acids is 1. The number of thiophene rings is 1. The Hall–Kier alpha value is -3.38. The molecule has 134 valence electrons. The molecule has 0 fully saturated rings. The van der Waals surface area contributed by atoms with Gasteiger partial charge in [-0.05, 0) is 29.1 Å². The number of rotatable bonds is 6. The second kappa shape index (κ2) is 7.88. The maximum Gasteiger partial charge on any atom is 0.277 e. The first-order valence-corrected chi connectivity index (χ1v) is 9.25. The molecule has 4 aromatic rings. The van der Waals surface area contributed by atoms with Crippen molar-refractivity contribution in [1.82, 2.24) is 5.16 Å². The topological polar surface area (TPSA) is 64.4 Å². The van der Waals surface area contributed by atoms with E-state index in [0.29, 0.717) is 23.8 Å². The zero-order valence-corrected chi connectivity index (χ0v) is 15.1. The number of nitrogens with zero attached hydrogens (tertiary/aromatic N) is 1. The minimum atomic E-state index is -0.332. The molecule has 0 aliphatic rings. The number of benzene rings is 2. The van der Waals surface area contributed by atoms with Gasteiger partial charge in [-0.3, -0.25) is 4.79 Å².